The van der Waals surface area contributed by atoms with E-state index in [1.54, 1.807) is 17.9 Å². The van der Waals surface area contributed by atoms with Crippen molar-refractivity contribution >= 4 is 23.4 Å². The SMILES string of the molecule is CCc1nn(C)cc1NC(=O)Nc1ccc(C(=O)O)nc1. The number of nitrogens with zero attached hydrogens (tertiary/aromatic N) is 3. The highest BCUT2D eigenvalue weighted by molar-refractivity contribution is 6.00. The van der Waals surface area contributed by atoms with Gasteiger partial charge in [0.25, 0.3) is 0 Å². The van der Waals surface area contributed by atoms with Gasteiger partial charge in [-0.15, -0.1) is 0 Å². The Hall–Kier alpha value is -2.90. The minimum absolute atomic E-state index is 0.0820. The van der Waals surface area contributed by atoms with Crippen LogP contribution in [0.15, 0.2) is 24.5 Å². The fourth-order valence-electron chi connectivity index (χ4n) is 1.78. The third-order valence-electron chi connectivity index (χ3n) is 2.73. The molecule has 2 heterocycles. The molecule has 0 spiro atoms. The number of pyridine rings is 1. The number of urea groups is 1. The molecular formula is C13H15N5O3. The van der Waals surface area contributed by atoms with E-state index in [-0.39, 0.29) is 5.69 Å². The van der Waals surface area contributed by atoms with Crippen molar-refractivity contribution in [2.75, 3.05) is 10.6 Å². The van der Waals surface area contributed by atoms with Crippen molar-refractivity contribution in [1.29, 1.82) is 0 Å². The minimum Gasteiger partial charge on any atom is -0.477 e. The number of hydrogen-bond acceptors (Lipinski definition) is 4. The normalized spacial score (nSPS) is 10.2. The van der Waals surface area contributed by atoms with Crippen molar-refractivity contribution in [1.82, 2.24) is 14.8 Å². The molecule has 0 fully saturated rings. The molecule has 2 aromatic rings. The Balaban J connectivity index is 2.02. The molecule has 0 aliphatic rings. The highest BCUT2D eigenvalue weighted by Gasteiger charge is 2.10. The van der Waals surface area contributed by atoms with Crippen LogP contribution in [0.3, 0.4) is 0 Å². The summed E-state index contributed by atoms with van der Waals surface area (Å²) in [6.07, 6.45) is 3.70. The van der Waals surface area contributed by atoms with Gasteiger partial charge in [-0.25, -0.2) is 14.6 Å². The van der Waals surface area contributed by atoms with Gasteiger partial charge >= 0.3 is 12.0 Å². The second-order valence-corrected chi connectivity index (χ2v) is 4.33. The van der Waals surface area contributed by atoms with Crippen molar-refractivity contribution in [2.45, 2.75) is 13.3 Å². The topological polar surface area (TPSA) is 109 Å². The average Bonchev–Trinajstić information content (AvgIpc) is 2.79. The Kier molecular flexibility index (Phi) is 4.17. The largest absolute Gasteiger partial charge is 0.477 e. The third kappa shape index (κ3) is 3.56. The molecule has 2 amide bonds. The number of amides is 2. The van der Waals surface area contributed by atoms with E-state index >= 15 is 0 Å². The quantitative estimate of drug-likeness (QED) is 0.794. The van der Waals surface area contributed by atoms with Gasteiger partial charge in [0.05, 0.1) is 23.3 Å². The number of carboxylic acids is 1. The molecule has 0 saturated heterocycles. The van der Waals surface area contributed by atoms with E-state index < -0.39 is 12.0 Å². The van der Waals surface area contributed by atoms with Gasteiger partial charge in [0, 0.05) is 13.2 Å². The molecule has 0 aliphatic carbocycles. The molecule has 21 heavy (non-hydrogen) atoms. The van der Waals surface area contributed by atoms with Crippen molar-refractivity contribution in [3.63, 3.8) is 0 Å². The Morgan fingerprint density at radius 2 is 2.10 bits per heavy atom. The van der Waals surface area contributed by atoms with Crippen LogP contribution in [0.25, 0.3) is 0 Å². The van der Waals surface area contributed by atoms with Gasteiger partial charge < -0.3 is 15.7 Å². The summed E-state index contributed by atoms with van der Waals surface area (Å²) in [4.78, 5) is 26.3. The molecule has 0 unspecified atom stereocenters. The van der Waals surface area contributed by atoms with Crippen LogP contribution < -0.4 is 10.6 Å². The van der Waals surface area contributed by atoms with Gasteiger partial charge in [0.1, 0.15) is 5.69 Å². The molecule has 0 aromatic carbocycles. The second-order valence-electron chi connectivity index (χ2n) is 4.33. The van der Waals surface area contributed by atoms with E-state index in [1.165, 1.54) is 18.3 Å². The molecule has 8 nitrogen and oxygen atoms in total. The maximum atomic E-state index is 11.9. The smallest absolute Gasteiger partial charge is 0.354 e. The molecule has 110 valence electrons. The maximum Gasteiger partial charge on any atom is 0.354 e. The fourth-order valence-corrected chi connectivity index (χ4v) is 1.78. The van der Waals surface area contributed by atoms with Crippen LogP contribution in [0.4, 0.5) is 16.2 Å². The van der Waals surface area contributed by atoms with Crippen LogP contribution >= 0.6 is 0 Å². The number of nitrogens with one attached hydrogen (secondary N) is 2. The molecule has 8 heteroatoms. The minimum atomic E-state index is -1.12. The predicted molar refractivity (Wildman–Crippen MR) is 76.4 cm³/mol. The summed E-state index contributed by atoms with van der Waals surface area (Å²) in [6.45, 7) is 1.94. The highest BCUT2D eigenvalue weighted by atomic mass is 16.4. The summed E-state index contributed by atoms with van der Waals surface area (Å²) in [5.41, 5.74) is 1.74. The standard InChI is InChI=1S/C13H15N5O3/c1-3-9-11(7-18(2)17-9)16-13(21)15-8-4-5-10(12(19)20)14-6-8/h4-7H,3H2,1-2H3,(H,19,20)(H2,15,16,21). The fraction of sp³-hybridized carbons (Fsp3) is 0.231. The van der Waals surface area contributed by atoms with E-state index in [0.29, 0.717) is 17.8 Å². The number of anilines is 2. The first-order chi connectivity index (χ1) is 9.99. The van der Waals surface area contributed by atoms with Gasteiger partial charge in [-0.3, -0.25) is 4.68 Å². The van der Waals surface area contributed by atoms with Crippen LogP contribution in [0.1, 0.15) is 23.1 Å². The Morgan fingerprint density at radius 3 is 2.67 bits per heavy atom. The van der Waals surface area contributed by atoms with Gasteiger partial charge in [-0.05, 0) is 18.6 Å². The van der Waals surface area contributed by atoms with Crippen molar-refractivity contribution < 1.29 is 14.7 Å². The molecule has 0 saturated carbocycles. The number of carbonyl (C=O) groups is 2. The van der Waals surface area contributed by atoms with E-state index in [1.807, 2.05) is 6.92 Å². The summed E-state index contributed by atoms with van der Waals surface area (Å²) in [6, 6.07) is 2.35. The zero-order valence-electron chi connectivity index (χ0n) is 11.6. The van der Waals surface area contributed by atoms with Crippen LogP contribution in [-0.4, -0.2) is 31.9 Å². The molecule has 2 rings (SSSR count). The molecule has 0 aliphatic heterocycles. The van der Waals surface area contributed by atoms with Crippen LogP contribution in [0.2, 0.25) is 0 Å². The number of carbonyl (C=O) groups excluding carboxylic acids is 1. The van der Waals surface area contributed by atoms with Crippen molar-refractivity contribution in [2.24, 2.45) is 7.05 Å². The summed E-state index contributed by atoms with van der Waals surface area (Å²) >= 11 is 0. The molecule has 0 radical (unpaired) electrons. The summed E-state index contributed by atoms with van der Waals surface area (Å²) in [7, 11) is 1.77. The highest BCUT2D eigenvalue weighted by Crippen LogP contribution is 2.14. The number of carboxylic acid groups (broad SMARTS) is 1. The van der Waals surface area contributed by atoms with Crippen LogP contribution in [0, 0.1) is 0 Å². The molecule has 3 N–H and O–H groups in total. The lowest BCUT2D eigenvalue weighted by molar-refractivity contribution is 0.0690. The molecule has 2 aromatic heterocycles. The number of aromatic nitrogens is 3. The second kappa shape index (κ2) is 6.04. The first-order valence-corrected chi connectivity index (χ1v) is 6.29. The van der Waals surface area contributed by atoms with Gasteiger partial charge in [-0.1, -0.05) is 6.92 Å². The lowest BCUT2D eigenvalue weighted by Gasteiger charge is -2.06. The maximum absolute atomic E-state index is 11.9. The molecule has 0 atom stereocenters. The van der Waals surface area contributed by atoms with E-state index in [4.69, 9.17) is 5.11 Å². The molecular weight excluding hydrogens is 274 g/mol. The lowest BCUT2D eigenvalue weighted by atomic mass is 10.3. The average molecular weight is 289 g/mol. The first-order valence-electron chi connectivity index (χ1n) is 6.29. The van der Waals surface area contributed by atoms with Crippen molar-refractivity contribution in [3.8, 4) is 0 Å². The molecule has 0 bridgehead atoms. The predicted octanol–water partition coefficient (Wildman–Crippen LogP) is 1.72. The van der Waals surface area contributed by atoms with E-state index in [9.17, 15) is 9.59 Å². The number of rotatable bonds is 4. The van der Waals surface area contributed by atoms with Gasteiger partial charge in [-0.2, -0.15) is 5.10 Å². The number of aryl methyl sites for hydroxylation is 2. The van der Waals surface area contributed by atoms with Crippen LogP contribution in [0.5, 0.6) is 0 Å². The summed E-state index contributed by atoms with van der Waals surface area (Å²) < 4.78 is 1.62. The monoisotopic (exact) mass is 289 g/mol. The lowest BCUT2D eigenvalue weighted by Crippen LogP contribution is -2.20. The van der Waals surface area contributed by atoms with Crippen LogP contribution in [-0.2, 0) is 13.5 Å². The first kappa shape index (κ1) is 14.5. The van der Waals surface area contributed by atoms with Gasteiger partial charge in [0.15, 0.2) is 0 Å². The van der Waals surface area contributed by atoms with Crippen molar-refractivity contribution in [3.05, 3.63) is 35.9 Å². The summed E-state index contributed by atoms with van der Waals surface area (Å²) in [5, 5.41) is 18.2. The Labute approximate surface area is 120 Å². The van der Waals surface area contributed by atoms with Gasteiger partial charge in [0.2, 0.25) is 0 Å². The van der Waals surface area contributed by atoms with E-state index in [2.05, 4.69) is 20.7 Å². The number of aromatic carboxylic acids is 1. The third-order valence-corrected chi connectivity index (χ3v) is 2.73. The Bertz CT molecular complexity index is 663. The van der Waals surface area contributed by atoms with E-state index in [0.717, 1.165) is 5.69 Å². The Morgan fingerprint density at radius 1 is 1.33 bits per heavy atom. The zero-order valence-corrected chi connectivity index (χ0v) is 11.6. The zero-order chi connectivity index (χ0) is 15.4. The summed E-state index contributed by atoms with van der Waals surface area (Å²) in [5.74, 6) is -1.12. The number of hydrogen-bond donors (Lipinski definition) is 3.